The van der Waals surface area contributed by atoms with Gasteiger partial charge in [0, 0.05) is 19.1 Å². The number of piperidine rings is 1. The fourth-order valence-corrected chi connectivity index (χ4v) is 2.39. The first-order valence-electron chi connectivity index (χ1n) is 7.19. The summed E-state index contributed by atoms with van der Waals surface area (Å²) >= 11 is 0. The van der Waals surface area contributed by atoms with Crippen molar-refractivity contribution in [1.29, 1.82) is 0 Å². The maximum atomic E-state index is 3.54. The molecule has 1 fully saturated rings. The molecule has 1 saturated heterocycles. The van der Waals surface area contributed by atoms with Crippen molar-refractivity contribution in [3.05, 3.63) is 0 Å². The SMILES string of the molecule is CC(C)CCNCCN(C)C1CCN(C)CC1. The predicted octanol–water partition coefficient (Wildman–Crippen LogP) is 1.65. The smallest absolute Gasteiger partial charge is 0.0117 e. The first-order valence-corrected chi connectivity index (χ1v) is 7.19. The summed E-state index contributed by atoms with van der Waals surface area (Å²) in [4.78, 5) is 4.97. The molecule has 1 rings (SSSR count). The molecule has 17 heavy (non-hydrogen) atoms. The molecule has 0 aromatic carbocycles. The van der Waals surface area contributed by atoms with Crippen molar-refractivity contribution in [2.45, 2.75) is 39.2 Å². The van der Waals surface area contributed by atoms with Crippen LogP contribution in [-0.4, -0.2) is 62.7 Å². The van der Waals surface area contributed by atoms with Crippen molar-refractivity contribution < 1.29 is 0 Å². The molecular weight excluding hydrogens is 210 g/mol. The van der Waals surface area contributed by atoms with Crippen molar-refractivity contribution in [3.63, 3.8) is 0 Å². The second-order valence-electron chi connectivity index (χ2n) is 5.95. The molecule has 0 spiro atoms. The summed E-state index contributed by atoms with van der Waals surface area (Å²) in [6, 6.07) is 0.804. The van der Waals surface area contributed by atoms with Gasteiger partial charge in [-0.1, -0.05) is 13.8 Å². The van der Waals surface area contributed by atoms with E-state index in [4.69, 9.17) is 0 Å². The molecule has 0 saturated carbocycles. The predicted molar refractivity (Wildman–Crippen MR) is 75.5 cm³/mol. The van der Waals surface area contributed by atoms with Crippen LogP contribution in [0.4, 0.5) is 0 Å². The van der Waals surface area contributed by atoms with Crippen LogP contribution in [0.1, 0.15) is 33.1 Å². The number of rotatable bonds is 7. The van der Waals surface area contributed by atoms with Crippen LogP contribution in [0.2, 0.25) is 0 Å². The van der Waals surface area contributed by atoms with E-state index in [1.807, 2.05) is 0 Å². The van der Waals surface area contributed by atoms with E-state index >= 15 is 0 Å². The monoisotopic (exact) mass is 241 g/mol. The van der Waals surface area contributed by atoms with Crippen LogP contribution in [0.15, 0.2) is 0 Å². The minimum atomic E-state index is 0.804. The van der Waals surface area contributed by atoms with Gasteiger partial charge in [-0.2, -0.15) is 0 Å². The highest BCUT2D eigenvalue weighted by molar-refractivity contribution is 4.76. The lowest BCUT2D eigenvalue weighted by atomic mass is 10.0. The van der Waals surface area contributed by atoms with E-state index in [0.717, 1.165) is 18.5 Å². The second-order valence-corrected chi connectivity index (χ2v) is 5.95. The molecule has 0 atom stereocenters. The number of likely N-dealkylation sites (tertiary alicyclic amines) is 1. The van der Waals surface area contributed by atoms with E-state index < -0.39 is 0 Å². The molecule has 3 heteroatoms. The van der Waals surface area contributed by atoms with Gasteiger partial charge in [0.1, 0.15) is 0 Å². The van der Waals surface area contributed by atoms with Crippen LogP contribution in [0, 0.1) is 5.92 Å². The van der Waals surface area contributed by atoms with Crippen LogP contribution in [0.25, 0.3) is 0 Å². The zero-order chi connectivity index (χ0) is 12.7. The van der Waals surface area contributed by atoms with Crippen LogP contribution in [0.5, 0.6) is 0 Å². The Kier molecular flexibility index (Phi) is 7.09. The van der Waals surface area contributed by atoms with Crippen molar-refractivity contribution in [1.82, 2.24) is 15.1 Å². The van der Waals surface area contributed by atoms with Gasteiger partial charge in [-0.15, -0.1) is 0 Å². The van der Waals surface area contributed by atoms with E-state index in [0.29, 0.717) is 0 Å². The first kappa shape index (κ1) is 14.9. The van der Waals surface area contributed by atoms with Crippen LogP contribution >= 0.6 is 0 Å². The summed E-state index contributed by atoms with van der Waals surface area (Å²) in [6.07, 6.45) is 3.95. The van der Waals surface area contributed by atoms with Gasteiger partial charge in [0.25, 0.3) is 0 Å². The Hall–Kier alpha value is -0.120. The average Bonchev–Trinajstić information content (AvgIpc) is 2.29. The van der Waals surface area contributed by atoms with Crippen LogP contribution in [-0.2, 0) is 0 Å². The number of nitrogens with one attached hydrogen (secondary N) is 1. The third-order valence-electron chi connectivity index (χ3n) is 3.85. The second kappa shape index (κ2) is 8.06. The molecule has 1 aliphatic heterocycles. The molecule has 0 aromatic heterocycles. The van der Waals surface area contributed by atoms with Crippen molar-refractivity contribution in [3.8, 4) is 0 Å². The zero-order valence-electron chi connectivity index (χ0n) is 12.2. The fourth-order valence-electron chi connectivity index (χ4n) is 2.39. The number of likely N-dealkylation sites (N-methyl/N-ethyl adjacent to an activating group) is 1. The molecule has 1 N–H and O–H groups in total. The highest BCUT2D eigenvalue weighted by atomic mass is 15.2. The van der Waals surface area contributed by atoms with E-state index in [2.05, 4.69) is 43.1 Å². The topological polar surface area (TPSA) is 18.5 Å². The van der Waals surface area contributed by atoms with Gasteiger partial charge in [-0.3, -0.25) is 0 Å². The average molecular weight is 241 g/mol. The molecule has 0 bridgehead atoms. The third kappa shape index (κ3) is 6.39. The van der Waals surface area contributed by atoms with Gasteiger partial charge in [-0.05, 0) is 58.9 Å². The van der Waals surface area contributed by atoms with Crippen molar-refractivity contribution in [2.24, 2.45) is 5.92 Å². The minimum Gasteiger partial charge on any atom is -0.315 e. The third-order valence-corrected chi connectivity index (χ3v) is 3.85. The van der Waals surface area contributed by atoms with Gasteiger partial charge < -0.3 is 15.1 Å². The summed E-state index contributed by atoms with van der Waals surface area (Å²) in [5.41, 5.74) is 0. The van der Waals surface area contributed by atoms with Crippen LogP contribution in [0.3, 0.4) is 0 Å². The normalized spacial score (nSPS) is 19.4. The number of hydrogen-bond acceptors (Lipinski definition) is 3. The molecule has 1 heterocycles. The molecule has 1 aliphatic rings. The lowest BCUT2D eigenvalue weighted by molar-refractivity contribution is 0.145. The quantitative estimate of drug-likeness (QED) is 0.684. The largest absolute Gasteiger partial charge is 0.315 e. The number of nitrogens with zero attached hydrogens (tertiary/aromatic N) is 2. The Labute approximate surface area is 108 Å². The van der Waals surface area contributed by atoms with Crippen molar-refractivity contribution in [2.75, 3.05) is 46.8 Å². The molecule has 0 aliphatic carbocycles. The summed E-state index contributed by atoms with van der Waals surface area (Å²) in [7, 11) is 4.50. The Morgan fingerprint density at radius 2 is 1.88 bits per heavy atom. The van der Waals surface area contributed by atoms with E-state index in [-0.39, 0.29) is 0 Å². The molecular formula is C14H31N3. The van der Waals surface area contributed by atoms with E-state index in [9.17, 15) is 0 Å². The lowest BCUT2D eigenvalue weighted by Crippen LogP contribution is -2.44. The summed E-state index contributed by atoms with van der Waals surface area (Å²) in [5, 5.41) is 3.54. The number of hydrogen-bond donors (Lipinski definition) is 1. The standard InChI is InChI=1S/C14H31N3/c1-13(2)5-8-15-9-12-17(4)14-6-10-16(3)11-7-14/h13-15H,5-12H2,1-4H3. The Bertz CT molecular complexity index is 186. The highest BCUT2D eigenvalue weighted by Gasteiger charge is 2.19. The summed E-state index contributed by atoms with van der Waals surface area (Å²) in [6.45, 7) is 10.6. The minimum absolute atomic E-state index is 0.804. The molecule has 0 aromatic rings. The maximum absolute atomic E-state index is 3.54. The molecule has 102 valence electrons. The van der Waals surface area contributed by atoms with Gasteiger partial charge >= 0.3 is 0 Å². The molecule has 0 amide bonds. The van der Waals surface area contributed by atoms with Gasteiger partial charge in [0.15, 0.2) is 0 Å². The fraction of sp³-hybridized carbons (Fsp3) is 1.00. The van der Waals surface area contributed by atoms with E-state index in [1.165, 1.54) is 45.4 Å². The van der Waals surface area contributed by atoms with Crippen molar-refractivity contribution >= 4 is 0 Å². The highest BCUT2D eigenvalue weighted by Crippen LogP contribution is 2.13. The first-order chi connectivity index (χ1) is 8.09. The maximum Gasteiger partial charge on any atom is 0.0117 e. The van der Waals surface area contributed by atoms with E-state index in [1.54, 1.807) is 0 Å². The lowest BCUT2D eigenvalue weighted by Gasteiger charge is -2.35. The molecule has 0 unspecified atom stereocenters. The Morgan fingerprint density at radius 1 is 1.24 bits per heavy atom. The summed E-state index contributed by atoms with van der Waals surface area (Å²) < 4.78 is 0. The van der Waals surface area contributed by atoms with Gasteiger partial charge in [0.05, 0.1) is 0 Å². The zero-order valence-corrected chi connectivity index (χ0v) is 12.2. The van der Waals surface area contributed by atoms with Gasteiger partial charge in [-0.25, -0.2) is 0 Å². The molecule has 3 nitrogen and oxygen atoms in total. The Balaban J connectivity index is 2.02. The Morgan fingerprint density at radius 3 is 2.47 bits per heavy atom. The van der Waals surface area contributed by atoms with Crippen LogP contribution < -0.4 is 5.32 Å². The molecule has 0 radical (unpaired) electrons. The summed E-state index contributed by atoms with van der Waals surface area (Å²) in [5.74, 6) is 0.814. The van der Waals surface area contributed by atoms with Gasteiger partial charge in [0.2, 0.25) is 0 Å².